The van der Waals surface area contributed by atoms with Crippen molar-refractivity contribution in [3.8, 4) is 5.69 Å². The highest BCUT2D eigenvalue weighted by Crippen LogP contribution is 2.36. The van der Waals surface area contributed by atoms with Gasteiger partial charge in [0.2, 0.25) is 10.0 Å². The molecule has 1 atom stereocenters. The van der Waals surface area contributed by atoms with Crippen molar-refractivity contribution in [2.24, 2.45) is 11.3 Å². The SMILES string of the molecule is Cc1c(C(=O)N2CCCC(C)(C(=O)O)C2)cn(-c2ccc(S(=O)(=O)NC(C)(C)C)c3ccccc23)c1CC1CCCCC1. The van der Waals surface area contributed by atoms with Gasteiger partial charge in [-0.05, 0) is 77.5 Å². The molecule has 1 amide bonds. The molecule has 1 saturated heterocycles. The summed E-state index contributed by atoms with van der Waals surface area (Å²) in [6, 6.07) is 11.0. The van der Waals surface area contributed by atoms with Gasteiger partial charge in [0.25, 0.3) is 5.91 Å². The van der Waals surface area contributed by atoms with Crippen molar-refractivity contribution in [3.63, 3.8) is 0 Å². The first-order chi connectivity index (χ1) is 20.2. The Bertz CT molecular complexity index is 1650. The fourth-order valence-electron chi connectivity index (χ4n) is 6.90. The second kappa shape index (κ2) is 11.7. The summed E-state index contributed by atoms with van der Waals surface area (Å²) < 4.78 is 31.8. The van der Waals surface area contributed by atoms with Gasteiger partial charge >= 0.3 is 5.97 Å². The highest BCUT2D eigenvalue weighted by atomic mass is 32.2. The van der Waals surface area contributed by atoms with E-state index in [9.17, 15) is 23.1 Å². The minimum absolute atomic E-state index is 0.147. The number of aromatic nitrogens is 1. The molecule has 2 aliphatic rings. The topological polar surface area (TPSA) is 109 Å². The molecule has 2 heterocycles. The Kier molecular flexibility index (Phi) is 8.53. The molecule has 5 rings (SSSR count). The maximum Gasteiger partial charge on any atom is 0.311 e. The fraction of sp³-hybridized carbons (Fsp3) is 0.529. The number of benzene rings is 2. The lowest BCUT2D eigenvalue weighted by molar-refractivity contribution is -0.150. The largest absolute Gasteiger partial charge is 0.481 e. The van der Waals surface area contributed by atoms with Crippen molar-refractivity contribution < 1.29 is 23.1 Å². The number of carbonyl (C=O) groups excluding carboxylic acids is 1. The van der Waals surface area contributed by atoms with Crippen LogP contribution >= 0.6 is 0 Å². The normalized spacial score (nSPS) is 20.4. The number of amides is 1. The third-order valence-corrected chi connectivity index (χ3v) is 11.0. The molecular weight excluding hydrogens is 562 g/mol. The fourth-order valence-corrected chi connectivity index (χ4v) is 8.53. The molecule has 2 aromatic carbocycles. The van der Waals surface area contributed by atoms with E-state index >= 15 is 0 Å². The molecule has 1 aliphatic carbocycles. The van der Waals surface area contributed by atoms with Gasteiger partial charge in [-0.15, -0.1) is 0 Å². The molecule has 8 nitrogen and oxygen atoms in total. The number of hydrogen-bond donors (Lipinski definition) is 2. The smallest absolute Gasteiger partial charge is 0.311 e. The van der Waals surface area contributed by atoms with Crippen LogP contribution in [-0.2, 0) is 21.2 Å². The molecule has 232 valence electrons. The van der Waals surface area contributed by atoms with Gasteiger partial charge in [-0.25, -0.2) is 13.1 Å². The zero-order valence-electron chi connectivity index (χ0n) is 26.1. The first-order valence-corrected chi connectivity index (χ1v) is 17.0. The van der Waals surface area contributed by atoms with Crippen LogP contribution in [-0.4, -0.2) is 53.5 Å². The van der Waals surface area contributed by atoms with Crippen LogP contribution < -0.4 is 4.72 Å². The minimum Gasteiger partial charge on any atom is -0.481 e. The van der Waals surface area contributed by atoms with Crippen molar-refractivity contribution in [1.29, 1.82) is 0 Å². The Morgan fingerprint density at radius 2 is 1.70 bits per heavy atom. The van der Waals surface area contributed by atoms with E-state index in [0.717, 1.165) is 41.6 Å². The van der Waals surface area contributed by atoms with Crippen LogP contribution in [0.2, 0.25) is 0 Å². The van der Waals surface area contributed by atoms with Crippen molar-refractivity contribution in [1.82, 2.24) is 14.2 Å². The first-order valence-electron chi connectivity index (χ1n) is 15.5. The number of sulfonamides is 1. The molecule has 0 bridgehead atoms. The molecule has 0 spiro atoms. The van der Waals surface area contributed by atoms with Crippen molar-refractivity contribution in [2.75, 3.05) is 13.1 Å². The quantitative estimate of drug-likeness (QED) is 0.320. The summed E-state index contributed by atoms with van der Waals surface area (Å²) in [5, 5.41) is 11.3. The molecule has 2 N–H and O–H groups in total. The predicted octanol–water partition coefficient (Wildman–Crippen LogP) is 6.47. The number of nitrogens with zero attached hydrogens (tertiary/aromatic N) is 2. The molecular formula is C34H45N3O5S. The number of carboxylic acid groups (broad SMARTS) is 1. The number of aliphatic carboxylic acids is 1. The second-order valence-corrected chi connectivity index (χ2v) is 15.5. The number of hydrogen-bond acceptors (Lipinski definition) is 4. The van der Waals surface area contributed by atoms with Crippen molar-refractivity contribution in [2.45, 2.75) is 96.4 Å². The standard InChI is InChI=1S/C34H45N3O5S/c1-23-27(31(38)36-19-11-18-34(5,22-36)32(39)40)21-37(29(23)20-24-12-7-6-8-13-24)28-16-17-30(26-15-10-9-14-25(26)28)43(41,42)35-33(2,3)4/h9-10,14-17,21,24,35H,6-8,11-13,18-20,22H2,1-5H3,(H,39,40). The summed E-state index contributed by atoms with van der Waals surface area (Å²) >= 11 is 0. The van der Waals surface area contributed by atoms with Crippen LogP contribution in [0.15, 0.2) is 47.5 Å². The van der Waals surface area contributed by atoms with E-state index in [2.05, 4.69) is 9.29 Å². The lowest BCUT2D eigenvalue weighted by Gasteiger charge is -2.37. The summed E-state index contributed by atoms with van der Waals surface area (Å²) in [6.45, 7) is 9.89. The van der Waals surface area contributed by atoms with Gasteiger partial charge in [-0.2, -0.15) is 0 Å². The Labute approximate surface area is 255 Å². The maximum atomic E-state index is 14.0. The van der Waals surface area contributed by atoms with Crippen molar-refractivity contribution in [3.05, 3.63) is 59.4 Å². The van der Waals surface area contributed by atoms with Gasteiger partial charge in [-0.1, -0.05) is 56.4 Å². The van der Waals surface area contributed by atoms with E-state index in [1.807, 2.05) is 64.2 Å². The van der Waals surface area contributed by atoms with Gasteiger partial charge in [0.05, 0.1) is 21.6 Å². The molecule has 1 aromatic heterocycles. The van der Waals surface area contributed by atoms with E-state index in [1.165, 1.54) is 19.3 Å². The third-order valence-electron chi connectivity index (χ3n) is 9.17. The molecule has 3 aromatic rings. The Morgan fingerprint density at radius 3 is 2.35 bits per heavy atom. The van der Waals surface area contributed by atoms with E-state index < -0.39 is 26.9 Å². The summed E-state index contributed by atoms with van der Waals surface area (Å²) in [7, 11) is -3.79. The minimum atomic E-state index is -3.79. The lowest BCUT2D eigenvalue weighted by atomic mass is 9.82. The lowest BCUT2D eigenvalue weighted by Crippen LogP contribution is -2.48. The van der Waals surface area contributed by atoms with Gasteiger partial charge in [0.1, 0.15) is 0 Å². The van der Waals surface area contributed by atoms with E-state index in [-0.39, 0.29) is 17.3 Å². The van der Waals surface area contributed by atoms with Crippen LogP contribution in [0.4, 0.5) is 0 Å². The average Bonchev–Trinajstić information content (AvgIpc) is 3.26. The predicted molar refractivity (Wildman–Crippen MR) is 169 cm³/mol. The summed E-state index contributed by atoms with van der Waals surface area (Å²) in [5.74, 6) is -0.512. The zero-order chi connectivity index (χ0) is 31.2. The van der Waals surface area contributed by atoms with Crippen LogP contribution in [0, 0.1) is 18.3 Å². The van der Waals surface area contributed by atoms with Gasteiger partial charge in [0, 0.05) is 41.3 Å². The zero-order valence-corrected chi connectivity index (χ0v) is 26.9. The number of fused-ring (bicyclic) bond motifs is 1. The third kappa shape index (κ3) is 6.38. The maximum absolute atomic E-state index is 14.0. The number of carbonyl (C=O) groups is 2. The molecule has 0 radical (unpaired) electrons. The molecule has 9 heteroatoms. The number of nitrogens with one attached hydrogen (secondary N) is 1. The summed E-state index contributed by atoms with van der Waals surface area (Å²) in [6.07, 6.45) is 9.86. The Morgan fingerprint density at radius 1 is 1.02 bits per heavy atom. The van der Waals surface area contributed by atoms with E-state index in [0.29, 0.717) is 36.3 Å². The highest BCUT2D eigenvalue weighted by Gasteiger charge is 2.40. The number of carboxylic acids is 1. The van der Waals surface area contributed by atoms with Gasteiger partial charge in [0.15, 0.2) is 0 Å². The molecule has 43 heavy (non-hydrogen) atoms. The molecule has 1 saturated carbocycles. The average molecular weight is 608 g/mol. The van der Waals surface area contributed by atoms with Crippen LogP contribution in [0.3, 0.4) is 0 Å². The highest BCUT2D eigenvalue weighted by molar-refractivity contribution is 7.89. The number of likely N-dealkylation sites (tertiary alicyclic amines) is 1. The summed E-state index contributed by atoms with van der Waals surface area (Å²) in [4.78, 5) is 28.0. The van der Waals surface area contributed by atoms with Crippen molar-refractivity contribution >= 4 is 32.7 Å². The number of piperidine rings is 1. The van der Waals surface area contributed by atoms with E-state index in [1.54, 1.807) is 17.9 Å². The monoisotopic (exact) mass is 607 g/mol. The van der Waals surface area contributed by atoms with Crippen LogP contribution in [0.1, 0.15) is 94.3 Å². The Hall–Kier alpha value is -3.17. The van der Waals surface area contributed by atoms with Crippen LogP contribution in [0.5, 0.6) is 0 Å². The van der Waals surface area contributed by atoms with E-state index in [4.69, 9.17) is 0 Å². The van der Waals surface area contributed by atoms with Crippen LogP contribution in [0.25, 0.3) is 16.5 Å². The second-order valence-electron chi connectivity index (χ2n) is 13.9. The number of rotatable bonds is 7. The van der Waals surface area contributed by atoms with Gasteiger partial charge in [-0.3, -0.25) is 9.59 Å². The van der Waals surface area contributed by atoms with Gasteiger partial charge < -0.3 is 14.6 Å². The first kappa shape index (κ1) is 31.3. The molecule has 1 aliphatic heterocycles. The molecule has 1 unspecified atom stereocenters. The summed E-state index contributed by atoms with van der Waals surface area (Å²) in [5.41, 5.74) is 1.77. The Balaban J connectivity index is 1.63. The molecule has 2 fully saturated rings.